The highest BCUT2D eigenvalue weighted by molar-refractivity contribution is 7.16. The molecule has 0 amide bonds. The van der Waals surface area contributed by atoms with Gasteiger partial charge in [0.2, 0.25) is 0 Å². The van der Waals surface area contributed by atoms with E-state index in [1.165, 1.54) is 23.4 Å². The van der Waals surface area contributed by atoms with E-state index in [2.05, 4.69) is 27.6 Å². The monoisotopic (exact) mass is 295 g/mol. The van der Waals surface area contributed by atoms with Crippen LogP contribution in [0, 0.1) is 6.92 Å². The van der Waals surface area contributed by atoms with Crippen molar-refractivity contribution in [3.8, 4) is 10.6 Å². The zero-order chi connectivity index (χ0) is 13.2. The highest BCUT2D eigenvalue weighted by atomic mass is 32.1. The van der Waals surface area contributed by atoms with Gasteiger partial charge in [-0.1, -0.05) is 0 Å². The van der Waals surface area contributed by atoms with Crippen LogP contribution in [0.4, 0.5) is 5.13 Å². The summed E-state index contributed by atoms with van der Waals surface area (Å²) < 4.78 is 5.02. The van der Waals surface area contributed by atoms with Crippen molar-refractivity contribution in [2.75, 3.05) is 25.6 Å². The molecule has 0 atom stereocenters. The number of thiazole rings is 2. The lowest BCUT2D eigenvalue weighted by molar-refractivity contribution is 0.211. The Balaban J connectivity index is 1.78. The highest BCUT2D eigenvalue weighted by Gasteiger charge is 2.30. The molecule has 102 valence electrons. The van der Waals surface area contributed by atoms with E-state index in [1.54, 1.807) is 29.8 Å². The summed E-state index contributed by atoms with van der Waals surface area (Å²) >= 11 is 3.40. The molecular formula is C13H17N3OS2. The van der Waals surface area contributed by atoms with Crippen molar-refractivity contribution in [3.05, 3.63) is 16.1 Å². The Morgan fingerprint density at radius 1 is 1.42 bits per heavy atom. The minimum Gasteiger partial charge on any atom is -0.383 e. The van der Waals surface area contributed by atoms with Crippen molar-refractivity contribution < 1.29 is 4.74 Å². The summed E-state index contributed by atoms with van der Waals surface area (Å²) in [7, 11) is 1.71. The number of anilines is 1. The van der Waals surface area contributed by atoms with Gasteiger partial charge in [-0.3, -0.25) is 0 Å². The summed E-state index contributed by atoms with van der Waals surface area (Å²) in [4.78, 5) is 10.6. The first-order valence-corrected chi connectivity index (χ1v) is 8.13. The van der Waals surface area contributed by atoms with Gasteiger partial charge in [0.1, 0.15) is 0 Å². The zero-order valence-corrected chi connectivity index (χ0v) is 12.7. The van der Waals surface area contributed by atoms with E-state index in [0.29, 0.717) is 12.5 Å². The Kier molecular flexibility index (Phi) is 3.81. The molecule has 0 bridgehead atoms. The van der Waals surface area contributed by atoms with Crippen molar-refractivity contribution in [3.63, 3.8) is 0 Å². The molecule has 0 saturated heterocycles. The van der Waals surface area contributed by atoms with Crippen molar-refractivity contribution in [2.45, 2.75) is 25.7 Å². The van der Waals surface area contributed by atoms with Gasteiger partial charge in [0, 0.05) is 25.0 Å². The number of hydrogen-bond donors (Lipinski definition) is 1. The fourth-order valence-corrected chi connectivity index (χ4v) is 3.75. The van der Waals surface area contributed by atoms with E-state index < -0.39 is 0 Å². The average Bonchev–Trinajstić information content (AvgIpc) is 3.01. The molecular weight excluding hydrogens is 278 g/mol. The van der Waals surface area contributed by atoms with Crippen LogP contribution in [0.25, 0.3) is 10.6 Å². The number of aromatic nitrogens is 2. The van der Waals surface area contributed by atoms with Crippen LogP contribution >= 0.6 is 22.7 Å². The molecule has 0 aromatic carbocycles. The third-order valence-corrected chi connectivity index (χ3v) is 4.85. The second-order valence-corrected chi connectivity index (χ2v) is 6.74. The fourth-order valence-electron chi connectivity index (χ4n) is 1.98. The predicted molar refractivity (Wildman–Crippen MR) is 80.3 cm³/mol. The largest absolute Gasteiger partial charge is 0.383 e. The fraction of sp³-hybridized carbons (Fsp3) is 0.538. The molecule has 4 nitrogen and oxygen atoms in total. The smallest absolute Gasteiger partial charge is 0.183 e. The Bertz CT molecular complexity index is 560. The third kappa shape index (κ3) is 2.96. The van der Waals surface area contributed by atoms with Gasteiger partial charge in [-0.05, 0) is 19.8 Å². The number of nitrogens with one attached hydrogen (secondary N) is 1. The van der Waals surface area contributed by atoms with E-state index in [0.717, 1.165) is 22.4 Å². The number of rotatable bonds is 6. The van der Waals surface area contributed by atoms with Gasteiger partial charge in [-0.15, -0.1) is 22.7 Å². The summed E-state index contributed by atoms with van der Waals surface area (Å²) in [5, 5.41) is 7.49. The summed E-state index contributed by atoms with van der Waals surface area (Å²) in [6.45, 7) is 3.56. The van der Waals surface area contributed by atoms with Gasteiger partial charge in [-0.25, -0.2) is 9.97 Å². The zero-order valence-electron chi connectivity index (χ0n) is 11.1. The Labute approximate surface area is 120 Å². The van der Waals surface area contributed by atoms with Gasteiger partial charge in [0.15, 0.2) is 5.13 Å². The molecule has 0 spiro atoms. The van der Waals surface area contributed by atoms with E-state index >= 15 is 0 Å². The maximum atomic E-state index is 5.02. The molecule has 1 aliphatic rings. The predicted octanol–water partition coefficient (Wildman–Crippen LogP) is 3.51. The van der Waals surface area contributed by atoms with E-state index in [9.17, 15) is 0 Å². The van der Waals surface area contributed by atoms with Crippen LogP contribution in [0.5, 0.6) is 0 Å². The Morgan fingerprint density at radius 3 is 3.00 bits per heavy atom. The number of nitrogens with zero attached hydrogens (tertiary/aromatic N) is 2. The minimum absolute atomic E-state index is 0.673. The maximum absolute atomic E-state index is 5.02. The average molecular weight is 295 g/mol. The standard InChI is InChI=1S/C13H17N3OS2/c1-8-15-11(9-3-4-9)12(19-8)10-7-18-13(16-10)14-5-6-17-2/h7,9H,3-6H2,1-2H3,(H,14,16). The Morgan fingerprint density at radius 2 is 2.26 bits per heavy atom. The lowest BCUT2D eigenvalue weighted by Gasteiger charge is -2.00. The molecule has 2 aromatic rings. The van der Waals surface area contributed by atoms with Gasteiger partial charge in [0.25, 0.3) is 0 Å². The third-order valence-electron chi connectivity index (χ3n) is 3.04. The molecule has 3 rings (SSSR count). The molecule has 6 heteroatoms. The van der Waals surface area contributed by atoms with Gasteiger partial charge in [-0.2, -0.15) is 0 Å². The molecule has 19 heavy (non-hydrogen) atoms. The van der Waals surface area contributed by atoms with Gasteiger partial charge >= 0.3 is 0 Å². The van der Waals surface area contributed by atoms with Crippen LogP contribution in [0.1, 0.15) is 29.5 Å². The van der Waals surface area contributed by atoms with Crippen LogP contribution in [0.3, 0.4) is 0 Å². The topological polar surface area (TPSA) is 47.0 Å². The first kappa shape index (κ1) is 13.0. The lowest BCUT2D eigenvalue weighted by Crippen LogP contribution is -2.07. The van der Waals surface area contributed by atoms with Crippen molar-refractivity contribution in [1.82, 2.24) is 9.97 Å². The van der Waals surface area contributed by atoms with Crippen LogP contribution in [0.15, 0.2) is 5.38 Å². The maximum Gasteiger partial charge on any atom is 0.183 e. The van der Waals surface area contributed by atoms with Gasteiger partial charge < -0.3 is 10.1 Å². The van der Waals surface area contributed by atoms with E-state index in [-0.39, 0.29) is 0 Å². The van der Waals surface area contributed by atoms with Crippen LogP contribution in [0.2, 0.25) is 0 Å². The molecule has 2 aromatic heterocycles. The summed E-state index contributed by atoms with van der Waals surface area (Å²) in [5.41, 5.74) is 2.33. The summed E-state index contributed by atoms with van der Waals surface area (Å²) in [5.74, 6) is 0.673. The molecule has 0 aliphatic heterocycles. The lowest BCUT2D eigenvalue weighted by atomic mass is 10.2. The van der Waals surface area contributed by atoms with E-state index in [4.69, 9.17) is 4.74 Å². The normalized spacial score (nSPS) is 14.8. The van der Waals surface area contributed by atoms with Gasteiger partial charge in [0.05, 0.1) is 27.9 Å². The molecule has 0 radical (unpaired) electrons. The van der Waals surface area contributed by atoms with Crippen molar-refractivity contribution in [2.24, 2.45) is 0 Å². The molecule has 1 fully saturated rings. The second kappa shape index (κ2) is 5.56. The van der Waals surface area contributed by atoms with E-state index in [1.807, 2.05) is 0 Å². The van der Waals surface area contributed by atoms with Crippen molar-refractivity contribution >= 4 is 27.8 Å². The van der Waals surface area contributed by atoms with Crippen LogP contribution in [-0.4, -0.2) is 30.2 Å². The second-order valence-electron chi connectivity index (χ2n) is 4.68. The summed E-state index contributed by atoms with van der Waals surface area (Å²) in [6, 6.07) is 0. The summed E-state index contributed by atoms with van der Waals surface area (Å²) in [6.07, 6.45) is 2.55. The Hall–Kier alpha value is -0.980. The first-order valence-electron chi connectivity index (χ1n) is 6.44. The first-order chi connectivity index (χ1) is 9.28. The van der Waals surface area contributed by atoms with Crippen LogP contribution < -0.4 is 5.32 Å². The minimum atomic E-state index is 0.673. The van der Waals surface area contributed by atoms with Crippen molar-refractivity contribution in [1.29, 1.82) is 0 Å². The number of methoxy groups -OCH3 is 1. The molecule has 0 unspecified atom stereocenters. The SMILES string of the molecule is COCCNc1nc(-c2sc(C)nc2C2CC2)cs1. The van der Waals surface area contributed by atoms with Crippen LogP contribution in [-0.2, 0) is 4.74 Å². The number of ether oxygens (including phenoxy) is 1. The molecule has 1 aliphatic carbocycles. The molecule has 1 saturated carbocycles. The number of aryl methyl sites for hydroxylation is 1. The quantitative estimate of drug-likeness (QED) is 0.828. The number of hydrogen-bond acceptors (Lipinski definition) is 6. The molecule has 1 N–H and O–H groups in total. The highest BCUT2D eigenvalue weighted by Crippen LogP contribution is 2.46. The molecule has 2 heterocycles.